The van der Waals surface area contributed by atoms with Crippen molar-refractivity contribution in [2.24, 2.45) is 5.73 Å². The van der Waals surface area contributed by atoms with Crippen LogP contribution in [0.4, 0.5) is 0 Å². The van der Waals surface area contributed by atoms with E-state index in [1.54, 1.807) is 0 Å². The van der Waals surface area contributed by atoms with Crippen molar-refractivity contribution in [3.63, 3.8) is 0 Å². The van der Waals surface area contributed by atoms with E-state index in [0.717, 1.165) is 44.9 Å². The summed E-state index contributed by atoms with van der Waals surface area (Å²) in [5, 5.41) is 13.8. The molecular formula is C43H85N2O6P. The van der Waals surface area contributed by atoms with Crippen LogP contribution in [-0.2, 0) is 18.4 Å². The van der Waals surface area contributed by atoms with Gasteiger partial charge in [-0.2, -0.15) is 0 Å². The lowest BCUT2D eigenvalue weighted by Gasteiger charge is -2.25. The molecule has 308 valence electrons. The molecule has 0 aromatic rings. The molecule has 0 aromatic carbocycles. The lowest BCUT2D eigenvalue weighted by molar-refractivity contribution is -0.123. The van der Waals surface area contributed by atoms with Gasteiger partial charge in [0.2, 0.25) is 5.91 Å². The zero-order chi connectivity index (χ0) is 38.2. The van der Waals surface area contributed by atoms with Crippen LogP contribution in [0.15, 0.2) is 24.3 Å². The maximum absolute atomic E-state index is 12.8. The Kier molecular flexibility index (Phi) is 38.9. The normalized spacial score (nSPS) is 14.3. The van der Waals surface area contributed by atoms with Crippen molar-refractivity contribution in [3.8, 4) is 0 Å². The van der Waals surface area contributed by atoms with Crippen molar-refractivity contribution >= 4 is 13.7 Å². The maximum Gasteiger partial charge on any atom is 0.472 e. The fraction of sp³-hybridized carbons (Fsp3) is 0.884. The molecule has 0 saturated heterocycles. The van der Waals surface area contributed by atoms with Gasteiger partial charge in [-0.25, -0.2) is 4.57 Å². The van der Waals surface area contributed by atoms with Crippen molar-refractivity contribution in [3.05, 3.63) is 24.3 Å². The molecule has 0 bridgehead atoms. The van der Waals surface area contributed by atoms with Gasteiger partial charge >= 0.3 is 7.82 Å². The molecule has 0 aliphatic carbocycles. The van der Waals surface area contributed by atoms with Gasteiger partial charge in [-0.05, 0) is 44.9 Å². The zero-order valence-corrected chi connectivity index (χ0v) is 35.0. The van der Waals surface area contributed by atoms with Gasteiger partial charge in [0, 0.05) is 13.0 Å². The summed E-state index contributed by atoms with van der Waals surface area (Å²) >= 11 is 0. The number of nitrogens with two attached hydrogens (primary N) is 1. The van der Waals surface area contributed by atoms with Crippen molar-refractivity contribution in [1.82, 2.24) is 5.32 Å². The van der Waals surface area contributed by atoms with E-state index >= 15 is 0 Å². The highest BCUT2D eigenvalue weighted by atomic mass is 31.2. The third kappa shape index (κ3) is 37.3. The molecular weight excluding hydrogens is 671 g/mol. The number of hydrogen-bond donors (Lipinski definition) is 4. The third-order valence-corrected chi connectivity index (χ3v) is 10.8. The molecule has 0 rings (SSSR count). The second-order valence-corrected chi connectivity index (χ2v) is 16.4. The SMILES string of the molecule is CCCCCCC/C=C\C/C=C\CCCCCCCCCCCC(=O)NC(COP(=O)(O)OCCN)C(O)CCCCCCCCCCCCCC. The molecule has 0 heterocycles. The molecule has 3 atom stereocenters. The highest BCUT2D eigenvalue weighted by Gasteiger charge is 2.27. The Hall–Kier alpha value is -1.02. The number of hydrogen-bond acceptors (Lipinski definition) is 6. The van der Waals surface area contributed by atoms with E-state index in [1.807, 2.05) is 0 Å². The smallest absolute Gasteiger partial charge is 0.391 e. The lowest BCUT2D eigenvalue weighted by Crippen LogP contribution is -2.46. The summed E-state index contributed by atoms with van der Waals surface area (Å²) < 4.78 is 22.2. The van der Waals surface area contributed by atoms with Gasteiger partial charge in [0.15, 0.2) is 0 Å². The first-order chi connectivity index (χ1) is 25.4. The molecule has 0 aliphatic heterocycles. The van der Waals surface area contributed by atoms with E-state index in [9.17, 15) is 19.4 Å². The second-order valence-electron chi connectivity index (χ2n) is 14.9. The zero-order valence-electron chi connectivity index (χ0n) is 34.1. The Bertz CT molecular complexity index is 871. The number of carbonyl (C=O) groups is 1. The minimum atomic E-state index is -4.31. The molecule has 3 unspecified atom stereocenters. The quantitative estimate of drug-likeness (QED) is 0.0277. The van der Waals surface area contributed by atoms with E-state index < -0.39 is 20.0 Å². The van der Waals surface area contributed by atoms with E-state index in [4.69, 9.17) is 14.8 Å². The predicted molar refractivity (Wildman–Crippen MR) is 221 cm³/mol. The number of phosphoric acid groups is 1. The van der Waals surface area contributed by atoms with Gasteiger partial charge in [0.25, 0.3) is 0 Å². The standard InChI is InChI=1S/C43H85N2O6P/c1-3-5-7-9-11-13-15-17-18-19-20-21-22-23-24-25-27-29-31-33-35-37-43(47)45-41(40-51-52(48,49)50-39-38-44)42(46)36-34-32-30-28-26-16-14-12-10-8-6-4-2/h15,17,19-20,41-42,46H,3-14,16,18,21-40,44H2,1-2H3,(H,45,47)(H,48,49)/b17-15-,20-19-. The summed E-state index contributed by atoms with van der Waals surface area (Å²) in [4.78, 5) is 22.7. The molecule has 1 amide bonds. The van der Waals surface area contributed by atoms with Crippen LogP contribution < -0.4 is 11.1 Å². The molecule has 0 fully saturated rings. The van der Waals surface area contributed by atoms with Crippen molar-refractivity contribution < 1.29 is 28.4 Å². The van der Waals surface area contributed by atoms with Crippen LogP contribution in [0, 0.1) is 0 Å². The van der Waals surface area contributed by atoms with Gasteiger partial charge in [-0.15, -0.1) is 0 Å². The van der Waals surface area contributed by atoms with Crippen LogP contribution in [0.5, 0.6) is 0 Å². The van der Waals surface area contributed by atoms with Gasteiger partial charge in [0.1, 0.15) is 0 Å². The molecule has 5 N–H and O–H groups in total. The highest BCUT2D eigenvalue weighted by Crippen LogP contribution is 2.43. The lowest BCUT2D eigenvalue weighted by atomic mass is 10.0. The van der Waals surface area contributed by atoms with Gasteiger partial charge in [-0.1, -0.05) is 186 Å². The summed E-state index contributed by atoms with van der Waals surface area (Å²) in [6, 6.07) is -0.774. The molecule has 0 aromatic heterocycles. The number of rotatable bonds is 41. The van der Waals surface area contributed by atoms with Crippen molar-refractivity contribution in [2.75, 3.05) is 19.8 Å². The molecule has 9 heteroatoms. The Morgan fingerprint density at radius 2 is 1.06 bits per heavy atom. The number of aliphatic hydroxyl groups is 1. The Labute approximate surface area is 321 Å². The van der Waals surface area contributed by atoms with Gasteiger partial charge in [0.05, 0.1) is 25.4 Å². The van der Waals surface area contributed by atoms with E-state index in [-0.39, 0.29) is 25.7 Å². The summed E-state index contributed by atoms with van der Waals surface area (Å²) in [5.41, 5.74) is 5.37. The summed E-state index contributed by atoms with van der Waals surface area (Å²) in [6.45, 7) is 4.19. The largest absolute Gasteiger partial charge is 0.472 e. The van der Waals surface area contributed by atoms with E-state index in [0.29, 0.717) is 12.8 Å². The first kappa shape index (κ1) is 51.0. The van der Waals surface area contributed by atoms with E-state index in [1.165, 1.54) is 141 Å². The van der Waals surface area contributed by atoms with Crippen LogP contribution >= 0.6 is 7.82 Å². The molecule has 0 radical (unpaired) electrons. The highest BCUT2D eigenvalue weighted by molar-refractivity contribution is 7.47. The average Bonchev–Trinajstić information content (AvgIpc) is 3.13. The maximum atomic E-state index is 12.8. The number of nitrogens with one attached hydrogen (secondary N) is 1. The van der Waals surface area contributed by atoms with Crippen LogP contribution in [0.1, 0.15) is 213 Å². The van der Waals surface area contributed by atoms with E-state index in [2.05, 4.69) is 43.5 Å². The Balaban J connectivity index is 4.10. The minimum Gasteiger partial charge on any atom is -0.391 e. The van der Waals surface area contributed by atoms with Crippen molar-refractivity contribution in [2.45, 2.75) is 225 Å². The summed E-state index contributed by atoms with van der Waals surface area (Å²) in [5.74, 6) is -0.166. The molecule has 52 heavy (non-hydrogen) atoms. The molecule has 8 nitrogen and oxygen atoms in total. The summed E-state index contributed by atoms with van der Waals surface area (Å²) in [6.07, 6.45) is 44.7. The van der Waals surface area contributed by atoms with Crippen LogP contribution in [0.3, 0.4) is 0 Å². The number of phosphoric ester groups is 1. The van der Waals surface area contributed by atoms with Crippen molar-refractivity contribution in [1.29, 1.82) is 0 Å². The fourth-order valence-corrected chi connectivity index (χ4v) is 7.22. The van der Waals surface area contributed by atoms with Crippen LogP contribution in [0.2, 0.25) is 0 Å². The molecule has 0 spiro atoms. The molecule has 0 aliphatic rings. The first-order valence-electron chi connectivity index (χ1n) is 22.0. The molecule has 0 saturated carbocycles. The Morgan fingerprint density at radius 1 is 0.635 bits per heavy atom. The van der Waals surface area contributed by atoms with Gasteiger partial charge < -0.3 is 21.1 Å². The average molecular weight is 757 g/mol. The number of allylic oxidation sites excluding steroid dienone is 4. The first-order valence-corrected chi connectivity index (χ1v) is 23.4. The number of amides is 1. The predicted octanol–water partition coefficient (Wildman–Crippen LogP) is 12.2. The number of aliphatic hydroxyl groups excluding tert-OH is 1. The topological polar surface area (TPSA) is 131 Å². The number of carbonyl (C=O) groups excluding carboxylic acids is 1. The fourth-order valence-electron chi connectivity index (χ4n) is 6.46. The second kappa shape index (κ2) is 39.7. The minimum absolute atomic E-state index is 0.0886. The Morgan fingerprint density at radius 3 is 1.52 bits per heavy atom. The monoisotopic (exact) mass is 757 g/mol. The number of unbranched alkanes of at least 4 members (excludes halogenated alkanes) is 25. The van der Waals surface area contributed by atoms with Crippen LogP contribution in [0.25, 0.3) is 0 Å². The third-order valence-electron chi connectivity index (χ3n) is 9.81. The van der Waals surface area contributed by atoms with Crippen LogP contribution in [-0.4, -0.2) is 47.8 Å². The van der Waals surface area contributed by atoms with Gasteiger partial charge in [-0.3, -0.25) is 13.8 Å². The summed E-state index contributed by atoms with van der Waals surface area (Å²) in [7, 11) is -4.31.